The molecule has 1 fully saturated rings. The van der Waals surface area contributed by atoms with Crippen LogP contribution in [0.4, 0.5) is 4.39 Å². The van der Waals surface area contributed by atoms with Crippen LogP contribution in [-0.2, 0) is 11.3 Å². The van der Waals surface area contributed by atoms with E-state index >= 15 is 0 Å². The van der Waals surface area contributed by atoms with Crippen LogP contribution in [0.2, 0.25) is 9.36 Å². The summed E-state index contributed by atoms with van der Waals surface area (Å²) in [5.74, 6) is -0.454. The van der Waals surface area contributed by atoms with Crippen LogP contribution < -0.4 is 5.43 Å². The maximum Gasteiger partial charge on any atom is 0.243 e. The van der Waals surface area contributed by atoms with Gasteiger partial charge in [-0.15, -0.1) is 11.3 Å². The Balaban J connectivity index is 1.49. The number of benzene rings is 1. The number of piperidine rings is 1. The SMILES string of the molecule is C/C(=N\NC(=O)C1CCN(Cc2ccc(F)cc2Cl)CC1)c1ccc(Cl)s1. The Kier molecular flexibility index (Phi) is 6.87. The Morgan fingerprint density at radius 1 is 1.30 bits per heavy atom. The predicted molar refractivity (Wildman–Crippen MR) is 109 cm³/mol. The maximum atomic E-state index is 13.1. The summed E-state index contributed by atoms with van der Waals surface area (Å²) in [6.45, 7) is 4.07. The second-order valence-corrected chi connectivity index (χ2v) is 8.69. The molecule has 1 aromatic carbocycles. The Labute approximate surface area is 172 Å². The summed E-state index contributed by atoms with van der Waals surface area (Å²) in [6.07, 6.45) is 1.51. The largest absolute Gasteiger partial charge is 0.299 e. The van der Waals surface area contributed by atoms with Crippen molar-refractivity contribution < 1.29 is 9.18 Å². The van der Waals surface area contributed by atoms with E-state index in [-0.39, 0.29) is 17.6 Å². The van der Waals surface area contributed by atoms with Gasteiger partial charge in [0, 0.05) is 17.5 Å². The average Bonchev–Trinajstić information content (AvgIpc) is 3.09. The molecule has 27 heavy (non-hydrogen) atoms. The van der Waals surface area contributed by atoms with E-state index in [1.165, 1.54) is 23.5 Å². The summed E-state index contributed by atoms with van der Waals surface area (Å²) in [6, 6.07) is 8.16. The Bertz CT molecular complexity index is 847. The average molecular weight is 428 g/mol. The molecule has 4 nitrogen and oxygen atoms in total. The molecule has 1 aliphatic rings. The Hall–Kier alpha value is -1.47. The maximum absolute atomic E-state index is 13.1. The van der Waals surface area contributed by atoms with Crippen LogP contribution in [0.15, 0.2) is 35.4 Å². The van der Waals surface area contributed by atoms with Gasteiger partial charge in [-0.3, -0.25) is 9.69 Å². The molecule has 2 heterocycles. The van der Waals surface area contributed by atoms with Gasteiger partial charge in [0.15, 0.2) is 0 Å². The quantitative estimate of drug-likeness (QED) is 0.541. The smallest absolute Gasteiger partial charge is 0.243 e. The first-order chi connectivity index (χ1) is 12.9. The first-order valence-electron chi connectivity index (χ1n) is 8.68. The number of thiophene rings is 1. The molecule has 1 saturated heterocycles. The molecule has 2 aromatic rings. The third-order valence-electron chi connectivity index (χ3n) is 4.63. The van der Waals surface area contributed by atoms with Crippen LogP contribution in [0.3, 0.4) is 0 Å². The molecule has 8 heteroatoms. The molecule has 3 rings (SSSR count). The third-order valence-corrected chi connectivity index (χ3v) is 6.32. The topological polar surface area (TPSA) is 44.7 Å². The zero-order chi connectivity index (χ0) is 19.4. The molecule has 0 bridgehead atoms. The van der Waals surface area contributed by atoms with E-state index in [4.69, 9.17) is 23.2 Å². The molecule has 1 aliphatic heterocycles. The minimum atomic E-state index is -0.334. The van der Waals surface area contributed by atoms with Crippen molar-refractivity contribution in [2.24, 2.45) is 11.0 Å². The molecule has 0 unspecified atom stereocenters. The standard InChI is InChI=1S/C19H20Cl2FN3OS/c1-12(17-4-5-18(21)27-17)23-24-19(26)13-6-8-25(9-7-13)11-14-2-3-15(22)10-16(14)20/h2-5,10,13H,6-9,11H2,1H3,(H,24,26)/b23-12+. The van der Waals surface area contributed by atoms with Crippen LogP contribution in [0.25, 0.3) is 0 Å². The number of amides is 1. The van der Waals surface area contributed by atoms with Crippen molar-refractivity contribution in [2.75, 3.05) is 13.1 Å². The van der Waals surface area contributed by atoms with Gasteiger partial charge in [0.25, 0.3) is 0 Å². The highest BCUT2D eigenvalue weighted by Gasteiger charge is 2.25. The van der Waals surface area contributed by atoms with Gasteiger partial charge >= 0.3 is 0 Å². The minimum absolute atomic E-state index is 0.0588. The fraction of sp³-hybridized carbons (Fsp3) is 0.368. The number of carbonyl (C=O) groups excluding carboxylic acids is 1. The lowest BCUT2D eigenvalue weighted by atomic mass is 9.96. The van der Waals surface area contributed by atoms with Gasteiger partial charge in [0.2, 0.25) is 5.91 Å². The Morgan fingerprint density at radius 2 is 2.04 bits per heavy atom. The van der Waals surface area contributed by atoms with E-state index in [1.807, 2.05) is 19.1 Å². The second kappa shape index (κ2) is 9.15. The van der Waals surface area contributed by atoms with Crippen LogP contribution in [0.1, 0.15) is 30.2 Å². The molecule has 0 atom stereocenters. The van der Waals surface area contributed by atoms with E-state index in [9.17, 15) is 9.18 Å². The number of hydrogen-bond acceptors (Lipinski definition) is 4. The third kappa shape index (κ3) is 5.51. The molecule has 0 aliphatic carbocycles. The van der Waals surface area contributed by atoms with Gasteiger partial charge in [-0.2, -0.15) is 5.10 Å². The Morgan fingerprint density at radius 3 is 2.67 bits per heavy atom. The summed E-state index contributed by atoms with van der Waals surface area (Å²) in [5, 5.41) is 4.63. The van der Waals surface area contributed by atoms with Crippen LogP contribution in [0, 0.1) is 11.7 Å². The van der Waals surface area contributed by atoms with Gasteiger partial charge < -0.3 is 0 Å². The predicted octanol–water partition coefficient (Wildman–Crippen LogP) is 4.95. The lowest BCUT2D eigenvalue weighted by molar-refractivity contribution is -0.126. The number of hydrogen-bond donors (Lipinski definition) is 1. The highest BCUT2D eigenvalue weighted by atomic mass is 35.5. The van der Waals surface area contributed by atoms with E-state index in [0.717, 1.165) is 42.1 Å². The number of nitrogens with zero attached hydrogens (tertiary/aromatic N) is 2. The zero-order valence-corrected chi connectivity index (χ0v) is 17.2. The molecule has 144 valence electrons. The highest BCUT2D eigenvalue weighted by molar-refractivity contribution is 7.18. The molecule has 1 N–H and O–H groups in total. The molecule has 0 spiro atoms. The van der Waals surface area contributed by atoms with Crippen molar-refractivity contribution >= 4 is 46.2 Å². The van der Waals surface area contributed by atoms with Gasteiger partial charge in [-0.25, -0.2) is 9.82 Å². The van der Waals surface area contributed by atoms with Crippen molar-refractivity contribution in [3.63, 3.8) is 0 Å². The molecule has 0 saturated carbocycles. The van der Waals surface area contributed by atoms with Crippen LogP contribution in [0.5, 0.6) is 0 Å². The van der Waals surface area contributed by atoms with E-state index in [0.29, 0.717) is 15.9 Å². The van der Waals surface area contributed by atoms with Crippen molar-refractivity contribution in [3.8, 4) is 0 Å². The van der Waals surface area contributed by atoms with Gasteiger partial charge in [0.05, 0.1) is 14.9 Å². The monoisotopic (exact) mass is 427 g/mol. The van der Waals surface area contributed by atoms with Gasteiger partial charge in [0.1, 0.15) is 5.82 Å². The molecule has 0 radical (unpaired) electrons. The van der Waals surface area contributed by atoms with Crippen molar-refractivity contribution in [1.29, 1.82) is 0 Å². The minimum Gasteiger partial charge on any atom is -0.299 e. The second-order valence-electron chi connectivity index (χ2n) is 6.56. The molecular weight excluding hydrogens is 408 g/mol. The number of hydrazone groups is 1. The number of nitrogens with one attached hydrogen (secondary N) is 1. The van der Waals surface area contributed by atoms with Gasteiger partial charge in [-0.05, 0) is 62.7 Å². The first-order valence-corrected chi connectivity index (χ1v) is 10.3. The van der Waals surface area contributed by atoms with Crippen LogP contribution in [-0.4, -0.2) is 29.6 Å². The fourth-order valence-electron chi connectivity index (χ4n) is 3.04. The van der Waals surface area contributed by atoms with E-state index in [2.05, 4.69) is 15.4 Å². The highest BCUT2D eigenvalue weighted by Crippen LogP contribution is 2.24. The van der Waals surface area contributed by atoms with Crippen LogP contribution >= 0.6 is 34.5 Å². The normalized spacial score (nSPS) is 16.5. The van der Waals surface area contributed by atoms with E-state index in [1.54, 1.807) is 6.07 Å². The molecular formula is C19H20Cl2FN3OS. The zero-order valence-electron chi connectivity index (χ0n) is 14.8. The van der Waals surface area contributed by atoms with Crippen molar-refractivity contribution in [3.05, 3.63) is 55.9 Å². The fourth-order valence-corrected chi connectivity index (χ4v) is 4.25. The number of rotatable bonds is 5. The number of likely N-dealkylation sites (tertiary alicyclic amines) is 1. The lowest BCUT2D eigenvalue weighted by Gasteiger charge is -2.31. The first kappa shape index (κ1) is 20.3. The number of carbonyl (C=O) groups is 1. The summed E-state index contributed by atoms with van der Waals surface area (Å²) >= 11 is 13.4. The van der Waals surface area contributed by atoms with E-state index < -0.39 is 0 Å². The van der Waals surface area contributed by atoms with Crippen molar-refractivity contribution in [2.45, 2.75) is 26.3 Å². The summed E-state index contributed by atoms with van der Waals surface area (Å²) in [4.78, 5) is 15.5. The molecule has 1 amide bonds. The lowest BCUT2D eigenvalue weighted by Crippen LogP contribution is -2.39. The number of halogens is 3. The van der Waals surface area contributed by atoms with Crippen molar-refractivity contribution in [1.82, 2.24) is 10.3 Å². The van der Waals surface area contributed by atoms with Gasteiger partial charge in [-0.1, -0.05) is 29.3 Å². The molecule has 1 aromatic heterocycles. The summed E-state index contributed by atoms with van der Waals surface area (Å²) in [5.41, 5.74) is 4.31. The summed E-state index contributed by atoms with van der Waals surface area (Å²) in [7, 11) is 0. The summed E-state index contributed by atoms with van der Waals surface area (Å²) < 4.78 is 13.8.